The van der Waals surface area contributed by atoms with Crippen molar-refractivity contribution in [1.82, 2.24) is 0 Å². The van der Waals surface area contributed by atoms with E-state index in [0.717, 1.165) is 6.07 Å². The lowest BCUT2D eigenvalue weighted by atomic mass is 10.2. The first-order chi connectivity index (χ1) is 6.32. The zero-order valence-corrected chi connectivity index (χ0v) is 8.80. The quantitative estimate of drug-likeness (QED) is 0.586. The van der Waals surface area contributed by atoms with Crippen molar-refractivity contribution in [2.45, 2.75) is 16.7 Å². The van der Waals surface area contributed by atoms with Crippen LogP contribution in [0.3, 0.4) is 0 Å². The summed E-state index contributed by atoms with van der Waals surface area (Å²) in [5, 5.41) is 0. The molecule has 1 rings (SSSR count). The Morgan fingerprint density at radius 3 is 2.36 bits per heavy atom. The fourth-order valence-corrected chi connectivity index (χ4v) is 2.20. The van der Waals surface area contributed by atoms with Crippen LogP contribution in [0.15, 0.2) is 28.0 Å². The fraction of sp³-hybridized carbons (Fsp3) is 0.143. The van der Waals surface area contributed by atoms with Crippen LogP contribution in [-0.4, -0.2) is 21.7 Å². The topological polar surface area (TPSA) is 91.7 Å². The summed E-state index contributed by atoms with van der Waals surface area (Å²) in [5.74, 6) is 0. The molecule has 1 aromatic rings. The molecule has 0 aliphatic heterocycles. The standard InChI is InChI=1S/C7H8O5S2/c1-5-2-3-6(13(8)9)4-7(5)14(10,11)12/h2-4H,1H3,(H,8,9)(H,10,11,12). The van der Waals surface area contributed by atoms with Crippen molar-refractivity contribution in [3.63, 3.8) is 0 Å². The van der Waals surface area contributed by atoms with Crippen molar-refractivity contribution >= 4 is 21.2 Å². The summed E-state index contributed by atoms with van der Waals surface area (Å²) in [6, 6.07) is 3.65. The Hall–Kier alpha value is -0.760. The molecule has 1 aromatic carbocycles. The van der Waals surface area contributed by atoms with Gasteiger partial charge in [-0.15, -0.1) is 0 Å². The number of hydrogen-bond acceptors (Lipinski definition) is 3. The van der Waals surface area contributed by atoms with E-state index in [-0.39, 0.29) is 9.79 Å². The van der Waals surface area contributed by atoms with Gasteiger partial charge in [0.25, 0.3) is 10.1 Å². The molecule has 78 valence electrons. The van der Waals surface area contributed by atoms with E-state index < -0.39 is 21.2 Å². The number of rotatable bonds is 2. The van der Waals surface area contributed by atoms with Crippen LogP contribution < -0.4 is 0 Å². The maximum Gasteiger partial charge on any atom is 0.294 e. The number of hydrogen-bond donors (Lipinski definition) is 2. The van der Waals surface area contributed by atoms with Gasteiger partial charge in [0, 0.05) is 0 Å². The molecule has 1 atom stereocenters. The summed E-state index contributed by atoms with van der Waals surface area (Å²) < 4.78 is 49.7. The lowest BCUT2D eigenvalue weighted by Gasteiger charge is -2.03. The van der Waals surface area contributed by atoms with E-state index in [1.54, 1.807) is 0 Å². The van der Waals surface area contributed by atoms with Gasteiger partial charge in [0.05, 0.1) is 9.79 Å². The second-order valence-corrected chi connectivity index (χ2v) is 5.01. The van der Waals surface area contributed by atoms with E-state index in [4.69, 9.17) is 9.11 Å². The molecular weight excluding hydrogens is 228 g/mol. The highest BCUT2D eigenvalue weighted by molar-refractivity contribution is 7.86. The summed E-state index contributed by atoms with van der Waals surface area (Å²) in [7, 11) is -4.34. The van der Waals surface area contributed by atoms with E-state index in [9.17, 15) is 12.6 Å². The highest BCUT2D eigenvalue weighted by Gasteiger charge is 2.14. The number of benzene rings is 1. The van der Waals surface area contributed by atoms with Crippen LogP contribution in [0.25, 0.3) is 0 Å². The fourth-order valence-electron chi connectivity index (χ4n) is 0.967. The van der Waals surface area contributed by atoms with E-state index in [1.165, 1.54) is 19.1 Å². The van der Waals surface area contributed by atoms with Gasteiger partial charge in [0.2, 0.25) is 0 Å². The van der Waals surface area contributed by atoms with Crippen LogP contribution in [0.5, 0.6) is 0 Å². The largest absolute Gasteiger partial charge is 0.302 e. The molecule has 1 unspecified atom stereocenters. The van der Waals surface area contributed by atoms with Crippen molar-refractivity contribution in [2.24, 2.45) is 0 Å². The molecular formula is C7H8O5S2. The maximum absolute atomic E-state index is 10.8. The van der Waals surface area contributed by atoms with Crippen LogP contribution in [-0.2, 0) is 21.2 Å². The van der Waals surface area contributed by atoms with Gasteiger partial charge >= 0.3 is 0 Å². The molecule has 0 saturated carbocycles. The van der Waals surface area contributed by atoms with Crippen LogP contribution in [0, 0.1) is 6.92 Å². The molecule has 0 aromatic heterocycles. The summed E-state index contributed by atoms with van der Waals surface area (Å²) in [6.45, 7) is 1.48. The van der Waals surface area contributed by atoms with Crippen molar-refractivity contribution in [1.29, 1.82) is 0 Å². The highest BCUT2D eigenvalue weighted by Crippen LogP contribution is 2.18. The minimum atomic E-state index is -4.34. The average molecular weight is 236 g/mol. The lowest BCUT2D eigenvalue weighted by molar-refractivity contribution is 0.482. The molecule has 0 aliphatic carbocycles. The third-order valence-electron chi connectivity index (χ3n) is 1.64. The zero-order chi connectivity index (χ0) is 10.9. The van der Waals surface area contributed by atoms with Crippen molar-refractivity contribution < 1.29 is 21.7 Å². The molecule has 0 aliphatic rings. The van der Waals surface area contributed by atoms with Gasteiger partial charge < -0.3 is 4.55 Å². The van der Waals surface area contributed by atoms with Gasteiger partial charge in [-0.25, -0.2) is 4.21 Å². The molecule has 0 bridgehead atoms. The van der Waals surface area contributed by atoms with Gasteiger partial charge in [0.1, 0.15) is 0 Å². The zero-order valence-electron chi connectivity index (χ0n) is 7.17. The van der Waals surface area contributed by atoms with Crippen molar-refractivity contribution in [2.75, 3.05) is 0 Å². The summed E-state index contributed by atoms with van der Waals surface area (Å²) in [4.78, 5) is -0.416. The van der Waals surface area contributed by atoms with E-state index in [2.05, 4.69) is 0 Å². The SMILES string of the molecule is Cc1ccc(S(=O)O)cc1S(=O)(=O)O. The third kappa shape index (κ3) is 2.38. The first-order valence-corrected chi connectivity index (χ1v) is 6.06. The molecule has 0 spiro atoms. The third-order valence-corrected chi connectivity index (χ3v) is 3.29. The van der Waals surface area contributed by atoms with Crippen LogP contribution in [0.4, 0.5) is 0 Å². The summed E-state index contributed by atoms with van der Waals surface area (Å²) in [5.41, 5.74) is 0.321. The van der Waals surface area contributed by atoms with Gasteiger partial charge in [-0.3, -0.25) is 4.55 Å². The second-order valence-electron chi connectivity index (χ2n) is 2.65. The molecule has 0 amide bonds. The Morgan fingerprint density at radius 1 is 1.36 bits per heavy atom. The molecule has 0 fully saturated rings. The molecule has 14 heavy (non-hydrogen) atoms. The van der Waals surface area contributed by atoms with Crippen molar-refractivity contribution in [3.05, 3.63) is 23.8 Å². The molecule has 2 N–H and O–H groups in total. The Morgan fingerprint density at radius 2 is 1.93 bits per heavy atom. The summed E-state index contributed by atoms with van der Waals surface area (Å²) in [6.07, 6.45) is 0. The van der Waals surface area contributed by atoms with Crippen LogP contribution in [0.2, 0.25) is 0 Å². The van der Waals surface area contributed by atoms with E-state index >= 15 is 0 Å². The second kappa shape index (κ2) is 3.77. The monoisotopic (exact) mass is 236 g/mol. The van der Waals surface area contributed by atoms with Crippen molar-refractivity contribution in [3.8, 4) is 0 Å². The minimum Gasteiger partial charge on any atom is -0.302 e. The smallest absolute Gasteiger partial charge is 0.294 e. The Kier molecular flexibility index (Phi) is 3.05. The molecule has 7 heteroatoms. The Balaban J connectivity index is 3.44. The number of aryl methyl sites for hydroxylation is 1. The van der Waals surface area contributed by atoms with Gasteiger partial charge in [-0.2, -0.15) is 8.42 Å². The first-order valence-electron chi connectivity index (χ1n) is 3.51. The van der Waals surface area contributed by atoms with E-state index in [1.807, 2.05) is 0 Å². The van der Waals surface area contributed by atoms with Gasteiger partial charge in [0.15, 0.2) is 11.1 Å². The lowest BCUT2D eigenvalue weighted by Crippen LogP contribution is -2.02. The molecule has 0 radical (unpaired) electrons. The van der Waals surface area contributed by atoms with Crippen LogP contribution in [0.1, 0.15) is 5.56 Å². The first kappa shape index (κ1) is 11.3. The predicted molar refractivity (Wildman–Crippen MR) is 50.0 cm³/mol. The average Bonchev–Trinajstić information content (AvgIpc) is 2.02. The van der Waals surface area contributed by atoms with Gasteiger partial charge in [-0.1, -0.05) is 6.07 Å². The van der Waals surface area contributed by atoms with Crippen LogP contribution >= 0.6 is 0 Å². The Labute approximate surface area is 83.8 Å². The summed E-state index contributed by atoms with van der Waals surface area (Å²) >= 11 is -2.26. The predicted octanol–water partition coefficient (Wildman–Crippen LogP) is 0.822. The maximum atomic E-state index is 10.8. The normalized spacial score (nSPS) is 13.9. The highest BCUT2D eigenvalue weighted by atomic mass is 32.2. The molecule has 0 heterocycles. The van der Waals surface area contributed by atoms with Gasteiger partial charge in [-0.05, 0) is 24.6 Å². The Bertz CT molecular complexity index is 477. The van der Waals surface area contributed by atoms with E-state index in [0.29, 0.717) is 5.56 Å². The molecule has 0 saturated heterocycles. The minimum absolute atomic E-state index is 0.0665. The molecule has 5 nitrogen and oxygen atoms in total.